The highest BCUT2D eigenvalue weighted by atomic mass is 15.0. The molecular weight excluding hydrogens is 124 g/mol. The van der Waals surface area contributed by atoms with Crippen LogP contribution in [0.25, 0.3) is 0 Å². The highest BCUT2D eigenvalue weighted by Crippen LogP contribution is 2.12. The molecule has 0 aliphatic carbocycles. The lowest BCUT2D eigenvalue weighted by molar-refractivity contribution is 0.364. The first-order chi connectivity index (χ1) is 4.60. The van der Waals surface area contributed by atoms with Gasteiger partial charge in [-0.1, -0.05) is 0 Å². The van der Waals surface area contributed by atoms with Gasteiger partial charge in [0.2, 0.25) is 0 Å². The minimum absolute atomic E-state index is 0.322. The van der Waals surface area contributed by atoms with E-state index >= 15 is 0 Å². The van der Waals surface area contributed by atoms with E-state index < -0.39 is 0 Å². The Labute approximate surface area is 63.4 Å². The van der Waals surface area contributed by atoms with E-state index in [0.29, 0.717) is 11.6 Å². The molecule has 0 aromatic heterocycles. The summed E-state index contributed by atoms with van der Waals surface area (Å²) in [4.78, 5) is 0. The molecule has 2 N–H and O–H groups in total. The van der Waals surface area contributed by atoms with E-state index in [1.807, 2.05) is 0 Å². The Hall–Kier alpha value is -0.0800. The lowest BCUT2D eigenvalue weighted by Crippen LogP contribution is -2.40. The second-order valence-corrected chi connectivity index (χ2v) is 3.87. The number of rotatable bonds is 0. The first kappa shape index (κ1) is 8.02. The van der Waals surface area contributed by atoms with Crippen molar-refractivity contribution in [2.45, 2.75) is 38.8 Å². The third-order valence-electron chi connectivity index (χ3n) is 2.04. The van der Waals surface area contributed by atoms with E-state index in [2.05, 4.69) is 31.4 Å². The summed E-state index contributed by atoms with van der Waals surface area (Å²) >= 11 is 0. The highest BCUT2D eigenvalue weighted by molar-refractivity contribution is 4.85. The Kier molecular flexibility index (Phi) is 2.32. The van der Waals surface area contributed by atoms with Crippen molar-refractivity contribution in [2.24, 2.45) is 0 Å². The molecule has 2 nitrogen and oxygen atoms in total. The molecule has 0 spiro atoms. The van der Waals surface area contributed by atoms with Crippen molar-refractivity contribution in [2.75, 3.05) is 13.1 Å². The van der Waals surface area contributed by atoms with Crippen molar-refractivity contribution in [3.63, 3.8) is 0 Å². The topological polar surface area (TPSA) is 24.1 Å². The van der Waals surface area contributed by atoms with Gasteiger partial charge in [-0.2, -0.15) is 0 Å². The molecule has 1 saturated heterocycles. The van der Waals surface area contributed by atoms with Gasteiger partial charge in [0, 0.05) is 24.7 Å². The van der Waals surface area contributed by atoms with Gasteiger partial charge in [0.1, 0.15) is 0 Å². The average Bonchev–Trinajstić information content (AvgIpc) is 1.90. The molecule has 1 heterocycles. The highest BCUT2D eigenvalue weighted by Gasteiger charge is 2.22. The SMILES string of the molecule is C[C@@H]1CC(C)(C)NCCN1. The monoisotopic (exact) mass is 142 g/mol. The van der Waals surface area contributed by atoms with Crippen LogP contribution >= 0.6 is 0 Å². The van der Waals surface area contributed by atoms with Crippen molar-refractivity contribution >= 4 is 0 Å². The van der Waals surface area contributed by atoms with Crippen molar-refractivity contribution in [1.29, 1.82) is 0 Å². The van der Waals surface area contributed by atoms with Crippen molar-refractivity contribution in [3.8, 4) is 0 Å². The van der Waals surface area contributed by atoms with Gasteiger partial charge < -0.3 is 10.6 Å². The van der Waals surface area contributed by atoms with E-state index in [-0.39, 0.29) is 0 Å². The predicted octanol–water partition coefficient (Wildman–Crippen LogP) is 0.736. The number of hydrogen-bond donors (Lipinski definition) is 2. The van der Waals surface area contributed by atoms with Gasteiger partial charge in [-0.15, -0.1) is 0 Å². The van der Waals surface area contributed by atoms with Crippen molar-refractivity contribution < 1.29 is 0 Å². The van der Waals surface area contributed by atoms with Crippen LogP contribution in [-0.2, 0) is 0 Å². The minimum Gasteiger partial charge on any atom is -0.313 e. The summed E-state index contributed by atoms with van der Waals surface area (Å²) in [5, 5.41) is 6.93. The van der Waals surface area contributed by atoms with Crippen molar-refractivity contribution in [1.82, 2.24) is 10.6 Å². The molecule has 1 aliphatic rings. The van der Waals surface area contributed by atoms with Gasteiger partial charge in [-0.25, -0.2) is 0 Å². The van der Waals surface area contributed by atoms with E-state index in [0.717, 1.165) is 13.1 Å². The first-order valence-corrected chi connectivity index (χ1v) is 4.08. The van der Waals surface area contributed by atoms with Crippen LogP contribution in [0.2, 0.25) is 0 Å². The molecule has 0 aromatic carbocycles. The van der Waals surface area contributed by atoms with Gasteiger partial charge in [-0.3, -0.25) is 0 Å². The van der Waals surface area contributed by atoms with Gasteiger partial charge >= 0.3 is 0 Å². The zero-order valence-electron chi connectivity index (χ0n) is 7.20. The van der Waals surface area contributed by atoms with Gasteiger partial charge in [0.05, 0.1) is 0 Å². The van der Waals surface area contributed by atoms with E-state index in [9.17, 15) is 0 Å². The lowest BCUT2D eigenvalue weighted by Gasteiger charge is -2.25. The van der Waals surface area contributed by atoms with Crippen LogP contribution in [0.1, 0.15) is 27.2 Å². The predicted molar refractivity (Wildman–Crippen MR) is 44.2 cm³/mol. The van der Waals surface area contributed by atoms with Gasteiger partial charge in [0.15, 0.2) is 0 Å². The van der Waals surface area contributed by atoms with Crippen LogP contribution in [0.5, 0.6) is 0 Å². The normalized spacial score (nSPS) is 33.3. The Balaban J connectivity index is 2.46. The van der Waals surface area contributed by atoms with E-state index in [1.54, 1.807) is 0 Å². The fourth-order valence-corrected chi connectivity index (χ4v) is 1.63. The van der Waals surface area contributed by atoms with Crippen LogP contribution in [0.15, 0.2) is 0 Å². The van der Waals surface area contributed by atoms with Gasteiger partial charge in [-0.05, 0) is 27.2 Å². The summed E-state index contributed by atoms with van der Waals surface area (Å²) in [6.07, 6.45) is 1.22. The first-order valence-electron chi connectivity index (χ1n) is 4.08. The molecule has 60 valence electrons. The molecule has 1 aliphatic heterocycles. The molecule has 0 amide bonds. The Morgan fingerprint density at radius 3 is 2.70 bits per heavy atom. The summed E-state index contributed by atoms with van der Waals surface area (Å²) in [5.74, 6) is 0. The van der Waals surface area contributed by atoms with Gasteiger partial charge in [0.25, 0.3) is 0 Å². The zero-order valence-corrected chi connectivity index (χ0v) is 7.20. The number of nitrogens with one attached hydrogen (secondary N) is 2. The standard InChI is InChI=1S/C8H18N2/c1-7-6-8(2,3)10-5-4-9-7/h7,9-10H,4-6H2,1-3H3/t7-/m1/s1. The Morgan fingerprint density at radius 1 is 1.30 bits per heavy atom. The van der Waals surface area contributed by atoms with Crippen LogP contribution in [-0.4, -0.2) is 24.7 Å². The molecule has 0 saturated carbocycles. The second-order valence-electron chi connectivity index (χ2n) is 3.87. The minimum atomic E-state index is 0.322. The lowest BCUT2D eigenvalue weighted by atomic mass is 9.97. The van der Waals surface area contributed by atoms with Crippen LogP contribution in [0.4, 0.5) is 0 Å². The average molecular weight is 142 g/mol. The summed E-state index contributed by atoms with van der Waals surface area (Å²) < 4.78 is 0. The van der Waals surface area contributed by atoms with E-state index in [1.165, 1.54) is 6.42 Å². The third kappa shape index (κ3) is 2.27. The van der Waals surface area contributed by atoms with E-state index in [4.69, 9.17) is 0 Å². The molecule has 0 unspecified atom stereocenters. The molecule has 1 rings (SSSR count). The maximum absolute atomic E-state index is 3.49. The van der Waals surface area contributed by atoms with Crippen LogP contribution < -0.4 is 10.6 Å². The number of hydrogen-bond acceptors (Lipinski definition) is 2. The molecule has 1 fully saturated rings. The maximum Gasteiger partial charge on any atom is 0.0140 e. The summed E-state index contributed by atoms with van der Waals surface area (Å²) in [5.41, 5.74) is 0.322. The second kappa shape index (κ2) is 2.89. The fourth-order valence-electron chi connectivity index (χ4n) is 1.63. The Bertz CT molecular complexity index is 110. The molecule has 0 radical (unpaired) electrons. The van der Waals surface area contributed by atoms with Crippen LogP contribution in [0.3, 0.4) is 0 Å². The quantitative estimate of drug-likeness (QED) is 0.521. The molecule has 1 atom stereocenters. The zero-order chi connectivity index (χ0) is 7.61. The molecular formula is C8H18N2. The summed E-state index contributed by atoms with van der Waals surface area (Å²) in [7, 11) is 0. The summed E-state index contributed by atoms with van der Waals surface area (Å²) in [6.45, 7) is 8.96. The summed E-state index contributed by atoms with van der Waals surface area (Å²) in [6, 6.07) is 0.657. The smallest absolute Gasteiger partial charge is 0.0140 e. The molecule has 2 heteroatoms. The van der Waals surface area contributed by atoms with Crippen molar-refractivity contribution in [3.05, 3.63) is 0 Å². The molecule has 0 aromatic rings. The maximum atomic E-state index is 3.49. The molecule has 0 bridgehead atoms. The molecule has 10 heavy (non-hydrogen) atoms. The fraction of sp³-hybridized carbons (Fsp3) is 1.00. The van der Waals surface area contributed by atoms with Crippen LogP contribution in [0, 0.1) is 0 Å². The Morgan fingerprint density at radius 2 is 2.00 bits per heavy atom. The third-order valence-corrected chi connectivity index (χ3v) is 2.04. The largest absolute Gasteiger partial charge is 0.313 e.